The lowest BCUT2D eigenvalue weighted by Gasteiger charge is -2.29. The minimum atomic E-state index is -4.66. The molecule has 0 aromatic heterocycles. The van der Waals surface area contributed by atoms with E-state index in [0.29, 0.717) is 6.07 Å². The number of rotatable bonds is 1. The maximum absolute atomic E-state index is 12.8. The van der Waals surface area contributed by atoms with E-state index in [2.05, 4.69) is 0 Å². The smallest absolute Gasteiger partial charge is 0.416 e. The predicted octanol–water partition coefficient (Wildman–Crippen LogP) is 3.22. The van der Waals surface area contributed by atoms with E-state index in [1.807, 2.05) is 0 Å². The van der Waals surface area contributed by atoms with Crippen molar-refractivity contribution in [2.75, 3.05) is 0 Å². The van der Waals surface area contributed by atoms with Crippen LogP contribution in [0.25, 0.3) is 0 Å². The van der Waals surface area contributed by atoms with Crippen LogP contribution in [0.3, 0.4) is 0 Å². The summed E-state index contributed by atoms with van der Waals surface area (Å²) in [4.78, 5) is 10.1. The van der Waals surface area contributed by atoms with Gasteiger partial charge in [0.2, 0.25) is 5.75 Å². The van der Waals surface area contributed by atoms with Crippen LogP contribution in [0.5, 0.6) is 5.75 Å². The third kappa shape index (κ3) is 1.82. The van der Waals surface area contributed by atoms with Crippen LogP contribution in [-0.2, 0) is 10.9 Å². The molecule has 5 nitrogen and oxygen atoms in total. The Balaban J connectivity index is 2.20. The van der Waals surface area contributed by atoms with Gasteiger partial charge in [0, 0.05) is 11.6 Å². The first-order chi connectivity index (χ1) is 9.11. The molecule has 0 amide bonds. The molecule has 2 heterocycles. The molecule has 1 aromatic rings. The SMILES string of the molecule is CC1(C)Oc2c(cc(C(F)(F)F)cc2[N+](=O)[O-])C2OC21. The van der Waals surface area contributed by atoms with Gasteiger partial charge in [-0.3, -0.25) is 10.1 Å². The lowest BCUT2D eigenvalue weighted by molar-refractivity contribution is -0.386. The second kappa shape index (κ2) is 3.63. The minimum Gasteiger partial charge on any atom is -0.478 e. The maximum atomic E-state index is 12.8. The number of nitrogens with zero attached hydrogens (tertiary/aromatic N) is 1. The third-order valence-corrected chi connectivity index (χ3v) is 3.47. The summed E-state index contributed by atoms with van der Waals surface area (Å²) in [6, 6.07) is 1.36. The zero-order valence-electron chi connectivity index (χ0n) is 10.5. The number of hydrogen-bond acceptors (Lipinski definition) is 4. The lowest BCUT2D eigenvalue weighted by atomic mass is 9.92. The first-order valence-corrected chi connectivity index (χ1v) is 5.85. The predicted molar refractivity (Wildman–Crippen MR) is 60.4 cm³/mol. The summed E-state index contributed by atoms with van der Waals surface area (Å²) in [7, 11) is 0. The van der Waals surface area contributed by atoms with Crippen LogP contribution in [0.1, 0.15) is 31.1 Å². The van der Waals surface area contributed by atoms with Gasteiger partial charge >= 0.3 is 11.9 Å². The van der Waals surface area contributed by atoms with E-state index in [1.165, 1.54) is 0 Å². The molecule has 2 unspecified atom stereocenters. The van der Waals surface area contributed by atoms with Gasteiger partial charge in [0.1, 0.15) is 17.8 Å². The molecule has 0 spiro atoms. The van der Waals surface area contributed by atoms with E-state index in [0.717, 1.165) is 6.07 Å². The van der Waals surface area contributed by atoms with Crippen LogP contribution >= 0.6 is 0 Å². The van der Waals surface area contributed by atoms with Gasteiger partial charge in [-0.05, 0) is 19.9 Å². The second-order valence-corrected chi connectivity index (χ2v) is 5.35. The largest absolute Gasteiger partial charge is 0.478 e. The number of epoxide rings is 1. The molecule has 0 saturated carbocycles. The van der Waals surface area contributed by atoms with Crippen LogP contribution in [0.2, 0.25) is 0 Å². The average Bonchev–Trinajstić information content (AvgIpc) is 3.06. The molecule has 2 atom stereocenters. The fourth-order valence-corrected chi connectivity index (χ4v) is 2.46. The fraction of sp³-hybridized carbons (Fsp3) is 0.500. The molecule has 0 aliphatic carbocycles. The Kier molecular flexibility index (Phi) is 2.39. The molecule has 3 rings (SSSR count). The van der Waals surface area contributed by atoms with Gasteiger partial charge in [0.15, 0.2) is 0 Å². The first kappa shape index (κ1) is 13.2. The molecule has 2 aliphatic heterocycles. The summed E-state index contributed by atoms with van der Waals surface area (Å²) >= 11 is 0. The number of fused-ring (bicyclic) bond motifs is 3. The molecule has 0 radical (unpaired) electrons. The molecule has 2 aliphatic rings. The number of hydrogen-bond donors (Lipinski definition) is 0. The third-order valence-electron chi connectivity index (χ3n) is 3.47. The Morgan fingerprint density at radius 2 is 2.00 bits per heavy atom. The van der Waals surface area contributed by atoms with Crippen molar-refractivity contribution in [2.45, 2.75) is 37.8 Å². The van der Waals surface area contributed by atoms with Crippen molar-refractivity contribution in [3.63, 3.8) is 0 Å². The van der Waals surface area contributed by atoms with Gasteiger partial charge in [0.05, 0.1) is 10.5 Å². The van der Waals surface area contributed by atoms with Crippen molar-refractivity contribution in [1.82, 2.24) is 0 Å². The highest BCUT2D eigenvalue weighted by Gasteiger charge is 2.58. The molecule has 0 bridgehead atoms. The Morgan fingerprint density at radius 1 is 1.35 bits per heavy atom. The highest BCUT2D eigenvalue weighted by atomic mass is 19.4. The van der Waals surface area contributed by atoms with Crippen molar-refractivity contribution >= 4 is 5.69 Å². The standard InChI is InChI=1S/C12H10F3NO4/c1-11(2)10-9(19-10)6-3-5(12(13,14)15)4-7(16(17)18)8(6)20-11/h3-4,9-10H,1-2H3. The monoisotopic (exact) mass is 289 g/mol. The van der Waals surface area contributed by atoms with Gasteiger partial charge in [-0.2, -0.15) is 13.2 Å². The van der Waals surface area contributed by atoms with Crippen LogP contribution in [-0.4, -0.2) is 16.6 Å². The van der Waals surface area contributed by atoms with Gasteiger partial charge in [-0.1, -0.05) is 0 Å². The summed E-state index contributed by atoms with van der Waals surface area (Å²) in [6.07, 6.45) is -5.61. The first-order valence-electron chi connectivity index (χ1n) is 5.85. The minimum absolute atomic E-state index is 0.0934. The van der Waals surface area contributed by atoms with E-state index < -0.39 is 34.1 Å². The Labute approximate surface area is 111 Å². The van der Waals surface area contributed by atoms with E-state index >= 15 is 0 Å². The van der Waals surface area contributed by atoms with Crippen molar-refractivity contribution in [3.8, 4) is 5.75 Å². The summed E-state index contributed by atoms with van der Waals surface area (Å²) in [5.41, 5.74) is -2.46. The molecule has 20 heavy (non-hydrogen) atoms. The topological polar surface area (TPSA) is 64.9 Å². The van der Waals surface area contributed by atoms with E-state index in [1.54, 1.807) is 13.8 Å². The molecule has 1 saturated heterocycles. The van der Waals surface area contributed by atoms with Crippen LogP contribution < -0.4 is 4.74 Å². The van der Waals surface area contributed by atoms with E-state index in [9.17, 15) is 23.3 Å². The zero-order chi connectivity index (χ0) is 14.9. The van der Waals surface area contributed by atoms with Gasteiger partial charge < -0.3 is 9.47 Å². The molecule has 1 aromatic carbocycles. The Hall–Kier alpha value is -1.83. The number of ether oxygens (including phenoxy) is 2. The molecular formula is C12H10F3NO4. The van der Waals surface area contributed by atoms with Crippen LogP contribution in [0, 0.1) is 10.1 Å². The molecule has 0 N–H and O–H groups in total. The average molecular weight is 289 g/mol. The number of alkyl halides is 3. The van der Waals surface area contributed by atoms with Gasteiger partial charge in [-0.15, -0.1) is 0 Å². The van der Waals surface area contributed by atoms with Crippen molar-refractivity contribution in [2.24, 2.45) is 0 Å². The Bertz CT molecular complexity index is 611. The van der Waals surface area contributed by atoms with Crippen molar-refractivity contribution < 1.29 is 27.6 Å². The van der Waals surface area contributed by atoms with Crippen molar-refractivity contribution in [3.05, 3.63) is 33.4 Å². The summed E-state index contributed by atoms with van der Waals surface area (Å²) in [5.74, 6) is -0.133. The fourth-order valence-electron chi connectivity index (χ4n) is 2.46. The van der Waals surface area contributed by atoms with Crippen molar-refractivity contribution in [1.29, 1.82) is 0 Å². The molecule has 8 heteroatoms. The zero-order valence-corrected chi connectivity index (χ0v) is 10.5. The quantitative estimate of drug-likeness (QED) is 0.452. The van der Waals surface area contributed by atoms with Crippen LogP contribution in [0.4, 0.5) is 18.9 Å². The second-order valence-electron chi connectivity index (χ2n) is 5.35. The number of benzene rings is 1. The molecular weight excluding hydrogens is 279 g/mol. The number of nitro groups is 1. The molecule has 108 valence electrons. The maximum Gasteiger partial charge on any atom is 0.416 e. The number of nitro benzene ring substituents is 1. The highest BCUT2D eigenvalue weighted by molar-refractivity contribution is 5.58. The Morgan fingerprint density at radius 3 is 2.55 bits per heavy atom. The van der Waals surface area contributed by atoms with E-state index in [4.69, 9.17) is 9.47 Å². The summed E-state index contributed by atoms with van der Waals surface area (Å²) in [5, 5.41) is 11.0. The summed E-state index contributed by atoms with van der Waals surface area (Å²) < 4.78 is 49.2. The normalized spacial score (nSPS) is 26.2. The van der Waals surface area contributed by atoms with Crippen LogP contribution in [0.15, 0.2) is 12.1 Å². The molecule has 1 fully saturated rings. The summed E-state index contributed by atoms with van der Waals surface area (Å²) in [6.45, 7) is 3.37. The number of halogens is 3. The lowest BCUT2D eigenvalue weighted by Crippen LogP contribution is -2.38. The highest BCUT2D eigenvalue weighted by Crippen LogP contribution is 2.57. The van der Waals surface area contributed by atoms with Gasteiger partial charge in [-0.25, -0.2) is 0 Å². The van der Waals surface area contributed by atoms with E-state index in [-0.39, 0.29) is 17.4 Å². The van der Waals surface area contributed by atoms with Gasteiger partial charge in [0.25, 0.3) is 0 Å².